The van der Waals surface area contributed by atoms with Gasteiger partial charge in [-0.3, -0.25) is 15.2 Å². The zero-order valence-corrected chi connectivity index (χ0v) is 8.22. The van der Waals surface area contributed by atoms with Crippen LogP contribution in [0.1, 0.15) is 12.7 Å². The Labute approximate surface area is 80.9 Å². The Morgan fingerprint density at radius 3 is 2.92 bits per heavy atom. The van der Waals surface area contributed by atoms with Gasteiger partial charge in [0.2, 0.25) is 11.9 Å². The highest BCUT2D eigenvalue weighted by molar-refractivity contribution is 6.19. The minimum Gasteiger partial charge on any atom is -0.293 e. The van der Waals surface area contributed by atoms with Gasteiger partial charge in [0.25, 0.3) is 0 Å². The molecule has 13 heavy (non-hydrogen) atoms. The van der Waals surface area contributed by atoms with Gasteiger partial charge in [-0.05, 0) is 6.92 Å². The Morgan fingerprint density at radius 2 is 2.46 bits per heavy atom. The number of rotatable bonds is 3. The summed E-state index contributed by atoms with van der Waals surface area (Å²) in [5, 5.41) is 8.92. The lowest BCUT2D eigenvalue weighted by atomic mass is 10.2. The van der Waals surface area contributed by atoms with E-state index >= 15 is 0 Å². The van der Waals surface area contributed by atoms with E-state index in [1.165, 1.54) is 0 Å². The van der Waals surface area contributed by atoms with E-state index in [0.29, 0.717) is 11.8 Å². The van der Waals surface area contributed by atoms with Crippen LogP contribution >= 0.6 is 11.6 Å². The molecule has 0 aliphatic rings. The van der Waals surface area contributed by atoms with Crippen molar-refractivity contribution in [1.82, 2.24) is 15.2 Å². The van der Waals surface area contributed by atoms with Crippen LogP contribution in [-0.4, -0.2) is 27.0 Å². The topological polar surface area (TPSA) is 70.7 Å². The zero-order valence-electron chi connectivity index (χ0n) is 7.47. The van der Waals surface area contributed by atoms with Crippen molar-refractivity contribution in [2.45, 2.75) is 13.8 Å². The quantitative estimate of drug-likeness (QED) is 0.717. The zero-order chi connectivity index (χ0) is 9.84. The average molecular weight is 203 g/mol. The molecule has 0 spiro atoms. The van der Waals surface area contributed by atoms with Crippen molar-refractivity contribution in [3.05, 3.63) is 5.82 Å². The number of alkyl halides is 1. The van der Waals surface area contributed by atoms with Gasteiger partial charge < -0.3 is 0 Å². The maximum Gasteiger partial charge on any atom is 0.248 e. The molecular weight excluding hydrogens is 192 g/mol. The highest BCUT2D eigenvalue weighted by Crippen LogP contribution is 2.03. The van der Waals surface area contributed by atoms with Crippen LogP contribution in [0.2, 0.25) is 0 Å². The maximum absolute atomic E-state index is 11.3. The Hall–Kier alpha value is -1.10. The van der Waals surface area contributed by atoms with E-state index in [0.717, 1.165) is 0 Å². The SMILES string of the molecule is Cc1nc(NC(=O)C(C)CCl)n[nH]1. The summed E-state index contributed by atoms with van der Waals surface area (Å²) in [5.74, 6) is 0.831. The molecule has 0 saturated carbocycles. The first-order valence-corrected chi connectivity index (χ1v) is 4.42. The fourth-order valence-corrected chi connectivity index (χ4v) is 0.842. The van der Waals surface area contributed by atoms with Crippen molar-refractivity contribution in [2.75, 3.05) is 11.2 Å². The first kappa shape index (κ1) is 9.98. The molecule has 1 heterocycles. The molecule has 1 rings (SSSR count). The standard InChI is InChI=1S/C7H11ClN4O/c1-4(3-8)6(13)10-7-9-5(2)11-12-7/h4H,3H2,1-2H3,(H2,9,10,11,12,13). The van der Waals surface area contributed by atoms with E-state index in [1.54, 1.807) is 13.8 Å². The van der Waals surface area contributed by atoms with Gasteiger partial charge in [-0.2, -0.15) is 4.98 Å². The predicted octanol–water partition coefficient (Wildman–Crippen LogP) is 0.927. The molecule has 1 aromatic rings. The molecule has 0 aromatic carbocycles. The number of aromatic nitrogens is 3. The number of hydrogen-bond donors (Lipinski definition) is 2. The molecule has 72 valence electrons. The van der Waals surface area contributed by atoms with Crippen LogP contribution in [0.15, 0.2) is 0 Å². The van der Waals surface area contributed by atoms with Crippen LogP contribution in [0.4, 0.5) is 5.95 Å². The fraction of sp³-hybridized carbons (Fsp3) is 0.571. The monoisotopic (exact) mass is 202 g/mol. The summed E-state index contributed by atoms with van der Waals surface area (Å²) >= 11 is 5.51. The summed E-state index contributed by atoms with van der Waals surface area (Å²) in [4.78, 5) is 15.2. The number of aromatic amines is 1. The van der Waals surface area contributed by atoms with Gasteiger partial charge in [-0.1, -0.05) is 6.92 Å². The summed E-state index contributed by atoms with van der Waals surface area (Å²) in [6, 6.07) is 0. The summed E-state index contributed by atoms with van der Waals surface area (Å²) in [6.45, 7) is 3.50. The summed E-state index contributed by atoms with van der Waals surface area (Å²) in [7, 11) is 0. The average Bonchev–Trinajstić information content (AvgIpc) is 2.49. The molecule has 6 heteroatoms. The van der Waals surface area contributed by atoms with Crippen molar-refractivity contribution in [3.63, 3.8) is 0 Å². The molecular formula is C7H11ClN4O. The number of carbonyl (C=O) groups excluding carboxylic acids is 1. The first-order chi connectivity index (χ1) is 6.13. The molecule has 0 radical (unpaired) electrons. The second-order valence-corrected chi connectivity index (χ2v) is 3.10. The molecule has 0 aliphatic heterocycles. The molecule has 5 nitrogen and oxygen atoms in total. The molecule has 1 unspecified atom stereocenters. The van der Waals surface area contributed by atoms with E-state index in [2.05, 4.69) is 20.5 Å². The Kier molecular flexibility index (Phi) is 3.25. The number of nitrogens with zero attached hydrogens (tertiary/aromatic N) is 2. The van der Waals surface area contributed by atoms with Crippen molar-refractivity contribution < 1.29 is 4.79 Å². The lowest BCUT2D eigenvalue weighted by molar-refractivity contribution is -0.118. The molecule has 0 bridgehead atoms. The fourth-order valence-electron chi connectivity index (χ4n) is 0.702. The number of halogens is 1. The van der Waals surface area contributed by atoms with E-state index < -0.39 is 0 Å². The number of H-pyrrole nitrogens is 1. The molecule has 1 amide bonds. The Balaban J connectivity index is 2.54. The number of anilines is 1. The van der Waals surface area contributed by atoms with Crippen LogP contribution in [0.3, 0.4) is 0 Å². The summed E-state index contributed by atoms with van der Waals surface area (Å²) in [5.41, 5.74) is 0. The smallest absolute Gasteiger partial charge is 0.248 e. The van der Waals surface area contributed by atoms with Gasteiger partial charge in [-0.15, -0.1) is 16.7 Å². The Morgan fingerprint density at radius 1 is 1.77 bits per heavy atom. The predicted molar refractivity (Wildman–Crippen MR) is 49.6 cm³/mol. The van der Waals surface area contributed by atoms with Crippen LogP contribution in [-0.2, 0) is 4.79 Å². The van der Waals surface area contributed by atoms with Crippen molar-refractivity contribution in [3.8, 4) is 0 Å². The largest absolute Gasteiger partial charge is 0.293 e. The number of nitrogens with one attached hydrogen (secondary N) is 2. The third-order valence-corrected chi connectivity index (χ3v) is 1.97. The van der Waals surface area contributed by atoms with E-state index in [4.69, 9.17) is 11.6 Å². The second kappa shape index (κ2) is 4.23. The highest BCUT2D eigenvalue weighted by Gasteiger charge is 2.13. The first-order valence-electron chi connectivity index (χ1n) is 3.89. The van der Waals surface area contributed by atoms with Crippen molar-refractivity contribution >= 4 is 23.5 Å². The minimum atomic E-state index is -0.236. The van der Waals surface area contributed by atoms with Crippen LogP contribution in [0, 0.1) is 12.8 Å². The number of aryl methyl sites for hydroxylation is 1. The minimum absolute atomic E-state index is 0.172. The summed E-state index contributed by atoms with van der Waals surface area (Å²) < 4.78 is 0. The van der Waals surface area contributed by atoms with Crippen LogP contribution in [0.25, 0.3) is 0 Å². The van der Waals surface area contributed by atoms with Gasteiger partial charge in [0.15, 0.2) is 0 Å². The van der Waals surface area contributed by atoms with Gasteiger partial charge >= 0.3 is 0 Å². The van der Waals surface area contributed by atoms with Gasteiger partial charge in [-0.25, -0.2) is 0 Å². The third-order valence-electron chi connectivity index (χ3n) is 1.51. The molecule has 0 saturated heterocycles. The molecule has 1 atom stereocenters. The van der Waals surface area contributed by atoms with Crippen molar-refractivity contribution in [1.29, 1.82) is 0 Å². The normalized spacial score (nSPS) is 12.5. The van der Waals surface area contributed by atoms with E-state index in [1.807, 2.05) is 0 Å². The van der Waals surface area contributed by atoms with Gasteiger partial charge in [0.1, 0.15) is 5.82 Å². The van der Waals surface area contributed by atoms with Crippen LogP contribution < -0.4 is 5.32 Å². The van der Waals surface area contributed by atoms with E-state index in [9.17, 15) is 4.79 Å². The Bertz CT molecular complexity index is 298. The number of hydrogen-bond acceptors (Lipinski definition) is 3. The molecule has 0 aliphatic carbocycles. The summed E-state index contributed by atoms with van der Waals surface area (Å²) in [6.07, 6.45) is 0. The molecule has 1 aromatic heterocycles. The third kappa shape index (κ3) is 2.69. The number of carbonyl (C=O) groups is 1. The lowest BCUT2D eigenvalue weighted by Gasteiger charge is -2.04. The molecule has 2 N–H and O–H groups in total. The maximum atomic E-state index is 11.3. The van der Waals surface area contributed by atoms with Crippen LogP contribution in [0.5, 0.6) is 0 Å². The molecule has 0 fully saturated rings. The highest BCUT2D eigenvalue weighted by atomic mass is 35.5. The number of amides is 1. The van der Waals surface area contributed by atoms with Gasteiger partial charge in [0, 0.05) is 11.8 Å². The lowest BCUT2D eigenvalue weighted by Crippen LogP contribution is -2.22. The second-order valence-electron chi connectivity index (χ2n) is 2.79. The van der Waals surface area contributed by atoms with Gasteiger partial charge in [0.05, 0.1) is 0 Å². The van der Waals surface area contributed by atoms with E-state index in [-0.39, 0.29) is 17.7 Å². The van der Waals surface area contributed by atoms with Crippen molar-refractivity contribution in [2.24, 2.45) is 5.92 Å².